The number of nitrogens with zero attached hydrogens (tertiary/aromatic N) is 3. The third-order valence-corrected chi connectivity index (χ3v) is 5.83. The van der Waals surface area contributed by atoms with Crippen LogP contribution >= 0.6 is 0 Å². The van der Waals surface area contributed by atoms with Gasteiger partial charge in [0.1, 0.15) is 11.0 Å². The highest BCUT2D eigenvalue weighted by atomic mass is 16.5. The number of ether oxygens (including phenoxy) is 1. The summed E-state index contributed by atoms with van der Waals surface area (Å²) in [7, 11) is 0. The van der Waals surface area contributed by atoms with Crippen LogP contribution < -0.4 is 9.58 Å². The molecule has 4 rings (SSSR count). The average Bonchev–Trinajstić information content (AvgIpc) is 3.14. The summed E-state index contributed by atoms with van der Waals surface area (Å²) in [5, 5.41) is 17.8. The van der Waals surface area contributed by atoms with Crippen LogP contribution in [0.2, 0.25) is 0 Å². The molecule has 0 aliphatic carbocycles. The fraction of sp³-hybridized carbons (Fsp3) is 0.296. The lowest BCUT2D eigenvalue weighted by Crippen LogP contribution is -2.31. The van der Waals surface area contributed by atoms with Gasteiger partial charge in [0, 0.05) is 0 Å². The van der Waals surface area contributed by atoms with Crippen molar-refractivity contribution >= 4 is 27.7 Å². The number of hydrogen-bond acceptors (Lipinski definition) is 4. The first kappa shape index (κ1) is 22.5. The lowest BCUT2D eigenvalue weighted by Gasteiger charge is -2.12. The van der Waals surface area contributed by atoms with Crippen LogP contribution in [0.4, 0.5) is 0 Å². The SMILES string of the molecule is CC(C)=CCCC(C)CCOc1ccc2cc(C(=O)n3n[n+]([O-])c4ccccc43)ccc2c1. The van der Waals surface area contributed by atoms with Crippen molar-refractivity contribution in [2.75, 3.05) is 6.61 Å². The molecule has 0 bridgehead atoms. The van der Waals surface area contributed by atoms with Gasteiger partial charge in [-0.2, -0.15) is 0 Å². The normalized spacial score (nSPS) is 12.1. The smallest absolute Gasteiger partial charge is 0.366 e. The first-order valence-corrected chi connectivity index (χ1v) is 11.3. The number of aromatic nitrogens is 3. The Morgan fingerprint density at radius 2 is 1.85 bits per heavy atom. The number of allylic oxidation sites excluding steroid dienone is 2. The monoisotopic (exact) mass is 443 g/mol. The Balaban J connectivity index is 1.43. The van der Waals surface area contributed by atoms with Gasteiger partial charge in [-0.25, -0.2) is 4.79 Å². The van der Waals surface area contributed by atoms with Gasteiger partial charge in [0.2, 0.25) is 11.0 Å². The number of para-hydroxylation sites is 2. The molecule has 1 aromatic heterocycles. The van der Waals surface area contributed by atoms with Crippen LogP contribution in [-0.4, -0.2) is 22.4 Å². The molecule has 1 atom stereocenters. The number of rotatable bonds is 8. The molecule has 3 aromatic carbocycles. The molecule has 0 radical (unpaired) electrons. The van der Waals surface area contributed by atoms with E-state index in [0.29, 0.717) is 34.0 Å². The highest BCUT2D eigenvalue weighted by Crippen LogP contribution is 2.24. The molecule has 0 N–H and O–H groups in total. The quantitative estimate of drug-likeness (QED) is 0.200. The third kappa shape index (κ3) is 5.22. The molecule has 1 heterocycles. The number of benzene rings is 3. The molecule has 0 saturated heterocycles. The van der Waals surface area contributed by atoms with Crippen molar-refractivity contribution < 1.29 is 14.4 Å². The molecule has 4 aromatic rings. The van der Waals surface area contributed by atoms with Gasteiger partial charge in [0.05, 0.1) is 12.2 Å². The molecule has 6 heteroatoms. The number of carbonyl (C=O) groups is 1. The first-order valence-electron chi connectivity index (χ1n) is 11.3. The summed E-state index contributed by atoms with van der Waals surface area (Å²) in [5.74, 6) is 1.09. The maximum atomic E-state index is 13.0. The van der Waals surface area contributed by atoms with Gasteiger partial charge in [0.25, 0.3) is 0 Å². The van der Waals surface area contributed by atoms with E-state index in [-0.39, 0.29) is 5.91 Å². The predicted molar refractivity (Wildman–Crippen MR) is 130 cm³/mol. The largest absolute Gasteiger partial charge is 0.691 e. The van der Waals surface area contributed by atoms with Crippen molar-refractivity contribution in [1.82, 2.24) is 9.90 Å². The second-order valence-corrected chi connectivity index (χ2v) is 8.79. The minimum absolute atomic E-state index is 0.342. The Labute approximate surface area is 193 Å². The van der Waals surface area contributed by atoms with Crippen molar-refractivity contribution in [1.29, 1.82) is 0 Å². The summed E-state index contributed by atoms with van der Waals surface area (Å²) in [5.41, 5.74) is 2.68. The van der Waals surface area contributed by atoms with E-state index in [0.717, 1.165) is 34.0 Å². The molecule has 0 aliphatic rings. The summed E-state index contributed by atoms with van der Waals surface area (Å²) >= 11 is 0. The zero-order chi connectivity index (χ0) is 23.4. The molecule has 33 heavy (non-hydrogen) atoms. The fourth-order valence-corrected chi connectivity index (χ4v) is 3.88. The Morgan fingerprint density at radius 3 is 2.67 bits per heavy atom. The fourth-order valence-electron chi connectivity index (χ4n) is 3.88. The van der Waals surface area contributed by atoms with Crippen molar-refractivity contribution in [3.05, 3.63) is 83.1 Å². The van der Waals surface area contributed by atoms with Crippen LogP contribution in [0, 0.1) is 11.1 Å². The predicted octanol–water partition coefficient (Wildman–Crippen LogP) is 5.66. The highest BCUT2D eigenvalue weighted by Gasteiger charge is 2.22. The van der Waals surface area contributed by atoms with Crippen LogP contribution in [0.1, 0.15) is 50.4 Å². The number of carbonyl (C=O) groups excluding carboxylic acids is 1. The minimum Gasteiger partial charge on any atom is -0.691 e. The molecule has 170 valence electrons. The standard InChI is InChI=1S/C27H29N3O3/c1-19(2)7-6-8-20(3)15-16-33-24-14-13-21-17-23(12-11-22(21)18-24)27(31)29-25-9-4-5-10-26(25)30(32)28-29/h4-5,7,9-14,17-18,20H,6,8,15-16H2,1-3H3. The van der Waals surface area contributed by atoms with Gasteiger partial charge in [0.15, 0.2) is 0 Å². The average molecular weight is 444 g/mol. The maximum absolute atomic E-state index is 13.0. The van der Waals surface area contributed by atoms with E-state index >= 15 is 0 Å². The van der Waals surface area contributed by atoms with E-state index in [4.69, 9.17) is 4.74 Å². The van der Waals surface area contributed by atoms with E-state index in [2.05, 4.69) is 32.1 Å². The van der Waals surface area contributed by atoms with Crippen LogP contribution in [0.3, 0.4) is 0 Å². The first-order chi connectivity index (χ1) is 15.9. The van der Waals surface area contributed by atoms with Gasteiger partial charge in [-0.3, -0.25) is 0 Å². The molecular formula is C27H29N3O3. The highest BCUT2D eigenvalue weighted by molar-refractivity contribution is 6.02. The third-order valence-electron chi connectivity index (χ3n) is 5.83. The van der Waals surface area contributed by atoms with E-state index < -0.39 is 0 Å². The summed E-state index contributed by atoms with van der Waals surface area (Å²) in [6.45, 7) is 7.21. The summed E-state index contributed by atoms with van der Waals surface area (Å²) in [6, 6.07) is 18.2. The topological polar surface area (TPSA) is 71.1 Å². The maximum Gasteiger partial charge on any atom is 0.366 e. The lowest BCUT2D eigenvalue weighted by molar-refractivity contribution is -0.645. The Morgan fingerprint density at radius 1 is 1.09 bits per heavy atom. The van der Waals surface area contributed by atoms with Gasteiger partial charge in [-0.15, -0.1) is 4.85 Å². The molecule has 0 fully saturated rings. The second-order valence-electron chi connectivity index (χ2n) is 8.79. The molecule has 0 amide bonds. The summed E-state index contributed by atoms with van der Waals surface area (Å²) in [4.78, 5) is 13.5. The molecule has 0 spiro atoms. The molecule has 6 nitrogen and oxygen atoms in total. The molecule has 1 unspecified atom stereocenters. The summed E-state index contributed by atoms with van der Waals surface area (Å²) < 4.78 is 7.13. The van der Waals surface area contributed by atoms with Crippen molar-refractivity contribution in [3.63, 3.8) is 0 Å². The van der Waals surface area contributed by atoms with Gasteiger partial charge in [-0.05, 0) is 86.2 Å². The van der Waals surface area contributed by atoms with Gasteiger partial charge >= 0.3 is 5.91 Å². The van der Waals surface area contributed by atoms with Crippen molar-refractivity contribution in [3.8, 4) is 5.75 Å². The lowest BCUT2D eigenvalue weighted by atomic mass is 10.0. The van der Waals surface area contributed by atoms with E-state index in [1.807, 2.05) is 30.3 Å². The second kappa shape index (κ2) is 9.86. The Kier molecular flexibility index (Phi) is 6.73. The van der Waals surface area contributed by atoms with Crippen LogP contribution in [-0.2, 0) is 0 Å². The zero-order valence-corrected chi connectivity index (χ0v) is 19.3. The minimum atomic E-state index is -0.342. The molecule has 0 aliphatic heterocycles. The Hall–Kier alpha value is -3.67. The molecule has 0 saturated carbocycles. The van der Waals surface area contributed by atoms with E-state index in [1.54, 1.807) is 30.3 Å². The molecular weight excluding hydrogens is 414 g/mol. The van der Waals surface area contributed by atoms with Crippen LogP contribution in [0.25, 0.3) is 21.8 Å². The zero-order valence-electron chi connectivity index (χ0n) is 19.3. The number of fused-ring (bicyclic) bond motifs is 2. The van der Waals surface area contributed by atoms with Crippen molar-refractivity contribution in [2.45, 2.75) is 40.0 Å². The Bertz CT molecular complexity index is 1320. The van der Waals surface area contributed by atoms with Gasteiger partial charge in [-0.1, -0.05) is 47.5 Å². The van der Waals surface area contributed by atoms with Crippen molar-refractivity contribution in [2.24, 2.45) is 5.92 Å². The van der Waals surface area contributed by atoms with E-state index in [9.17, 15) is 10.0 Å². The summed E-state index contributed by atoms with van der Waals surface area (Å²) in [6.07, 6.45) is 5.58. The van der Waals surface area contributed by atoms with Crippen LogP contribution in [0.5, 0.6) is 5.75 Å². The van der Waals surface area contributed by atoms with Gasteiger partial charge < -0.3 is 9.94 Å². The van der Waals surface area contributed by atoms with E-state index in [1.165, 1.54) is 12.0 Å². The van der Waals surface area contributed by atoms with Crippen LogP contribution in [0.15, 0.2) is 72.3 Å². The number of hydrogen-bond donors (Lipinski definition) is 0.